The van der Waals surface area contributed by atoms with E-state index in [1.807, 2.05) is 55.5 Å². The Kier molecular flexibility index (Phi) is 4.91. The van der Waals surface area contributed by atoms with Crippen molar-refractivity contribution in [1.29, 1.82) is 0 Å². The molecule has 2 aromatic rings. The number of para-hydroxylation sites is 1. The Labute approximate surface area is 120 Å². The van der Waals surface area contributed by atoms with Gasteiger partial charge in [0, 0.05) is 11.7 Å². The number of hydrogen-bond donors (Lipinski definition) is 2. The van der Waals surface area contributed by atoms with Gasteiger partial charge in [-0.1, -0.05) is 48.5 Å². The molecular formula is C17H20N2O. The standard InChI is InChI=1S/C17H20N2O/c1-13(15-9-5-3-6-10-15)18-14(2)17(20)19-16-11-7-4-8-12-16/h3-14,18H,1-2H3,(H,19,20)/t13-,14?/m1/s1. The highest BCUT2D eigenvalue weighted by Crippen LogP contribution is 2.12. The summed E-state index contributed by atoms with van der Waals surface area (Å²) in [5, 5.41) is 6.20. The van der Waals surface area contributed by atoms with Crippen molar-refractivity contribution in [2.75, 3.05) is 5.32 Å². The van der Waals surface area contributed by atoms with Gasteiger partial charge in [0.25, 0.3) is 0 Å². The summed E-state index contributed by atoms with van der Waals surface area (Å²) in [7, 11) is 0. The van der Waals surface area contributed by atoms with Crippen LogP contribution in [0.3, 0.4) is 0 Å². The van der Waals surface area contributed by atoms with Gasteiger partial charge in [-0.15, -0.1) is 0 Å². The van der Waals surface area contributed by atoms with Gasteiger partial charge in [-0.05, 0) is 31.5 Å². The Morgan fingerprint density at radius 3 is 2.05 bits per heavy atom. The molecule has 0 radical (unpaired) electrons. The minimum Gasteiger partial charge on any atom is -0.325 e. The Bertz CT molecular complexity index is 539. The van der Waals surface area contributed by atoms with Crippen molar-refractivity contribution in [3.63, 3.8) is 0 Å². The van der Waals surface area contributed by atoms with Crippen molar-refractivity contribution in [1.82, 2.24) is 5.32 Å². The van der Waals surface area contributed by atoms with Crippen LogP contribution in [0.5, 0.6) is 0 Å². The number of carbonyl (C=O) groups is 1. The molecule has 1 unspecified atom stereocenters. The van der Waals surface area contributed by atoms with Gasteiger partial charge in [0.1, 0.15) is 0 Å². The number of benzene rings is 2. The fraction of sp³-hybridized carbons (Fsp3) is 0.235. The van der Waals surface area contributed by atoms with Gasteiger partial charge in [0.2, 0.25) is 5.91 Å². The first-order valence-corrected chi connectivity index (χ1v) is 6.83. The number of rotatable bonds is 5. The van der Waals surface area contributed by atoms with Gasteiger partial charge in [-0.2, -0.15) is 0 Å². The molecule has 2 rings (SSSR count). The summed E-state index contributed by atoms with van der Waals surface area (Å²) in [6.07, 6.45) is 0. The van der Waals surface area contributed by atoms with Gasteiger partial charge >= 0.3 is 0 Å². The van der Waals surface area contributed by atoms with Gasteiger partial charge in [0.15, 0.2) is 0 Å². The number of carbonyl (C=O) groups excluding carboxylic acids is 1. The molecule has 3 heteroatoms. The third kappa shape index (κ3) is 3.93. The van der Waals surface area contributed by atoms with E-state index < -0.39 is 0 Å². The van der Waals surface area contributed by atoms with Crippen LogP contribution >= 0.6 is 0 Å². The normalized spacial score (nSPS) is 13.5. The molecule has 2 atom stereocenters. The van der Waals surface area contributed by atoms with Crippen molar-refractivity contribution in [2.45, 2.75) is 25.9 Å². The van der Waals surface area contributed by atoms with Crippen LogP contribution in [-0.2, 0) is 4.79 Å². The molecule has 0 saturated carbocycles. The quantitative estimate of drug-likeness (QED) is 0.873. The van der Waals surface area contributed by atoms with Crippen molar-refractivity contribution < 1.29 is 4.79 Å². The first-order valence-electron chi connectivity index (χ1n) is 6.83. The number of nitrogens with one attached hydrogen (secondary N) is 2. The van der Waals surface area contributed by atoms with Crippen LogP contribution in [0.4, 0.5) is 5.69 Å². The lowest BCUT2D eigenvalue weighted by molar-refractivity contribution is -0.117. The van der Waals surface area contributed by atoms with Crippen LogP contribution in [0.2, 0.25) is 0 Å². The molecule has 0 fully saturated rings. The molecule has 0 bridgehead atoms. The third-order valence-electron chi connectivity index (χ3n) is 3.23. The Morgan fingerprint density at radius 2 is 1.45 bits per heavy atom. The van der Waals surface area contributed by atoms with E-state index in [1.54, 1.807) is 0 Å². The maximum atomic E-state index is 12.1. The molecule has 2 aromatic carbocycles. The van der Waals surface area contributed by atoms with Crippen LogP contribution in [0.15, 0.2) is 60.7 Å². The highest BCUT2D eigenvalue weighted by Gasteiger charge is 2.16. The molecule has 0 aliphatic carbocycles. The van der Waals surface area contributed by atoms with Gasteiger partial charge in [-0.3, -0.25) is 10.1 Å². The molecule has 0 aromatic heterocycles. The molecule has 0 spiro atoms. The minimum atomic E-state index is -0.259. The van der Waals surface area contributed by atoms with Gasteiger partial charge in [0.05, 0.1) is 6.04 Å². The summed E-state index contributed by atoms with van der Waals surface area (Å²) < 4.78 is 0. The van der Waals surface area contributed by atoms with E-state index in [0.29, 0.717) is 0 Å². The van der Waals surface area contributed by atoms with Crippen molar-refractivity contribution in [2.24, 2.45) is 0 Å². The second-order valence-electron chi connectivity index (χ2n) is 4.88. The van der Waals surface area contributed by atoms with Gasteiger partial charge < -0.3 is 5.32 Å². The molecule has 2 N–H and O–H groups in total. The molecule has 3 nitrogen and oxygen atoms in total. The fourth-order valence-corrected chi connectivity index (χ4v) is 2.06. The van der Waals surface area contributed by atoms with E-state index in [9.17, 15) is 4.79 Å². The summed E-state index contributed by atoms with van der Waals surface area (Å²) in [6.45, 7) is 3.93. The first kappa shape index (κ1) is 14.3. The predicted molar refractivity (Wildman–Crippen MR) is 82.5 cm³/mol. The van der Waals surface area contributed by atoms with Crippen molar-refractivity contribution in [3.8, 4) is 0 Å². The Morgan fingerprint density at radius 1 is 0.900 bits per heavy atom. The lowest BCUT2D eigenvalue weighted by Crippen LogP contribution is -2.39. The van der Waals surface area contributed by atoms with Crippen LogP contribution < -0.4 is 10.6 Å². The lowest BCUT2D eigenvalue weighted by atomic mass is 10.1. The second kappa shape index (κ2) is 6.87. The topological polar surface area (TPSA) is 41.1 Å². The van der Waals surface area contributed by atoms with Crippen LogP contribution in [0.1, 0.15) is 25.5 Å². The van der Waals surface area contributed by atoms with E-state index in [1.165, 1.54) is 5.56 Å². The van der Waals surface area contributed by atoms with E-state index >= 15 is 0 Å². The zero-order chi connectivity index (χ0) is 14.4. The zero-order valence-corrected chi connectivity index (χ0v) is 11.8. The maximum Gasteiger partial charge on any atom is 0.241 e. The summed E-state index contributed by atoms with van der Waals surface area (Å²) >= 11 is 0. The highest BCUT2D eigenvalue weighted by atomic mass is 16.2. The number of hydrogen-bond acceptors (Lipinski definition) is 2. The van der Waals surface area contributed by atoms with E-state index in [-0.39, 0.29) is 18.0 Å². The van der Waals surface area contributed by atoms with Gasteiger partial charge in [-0.25, -0.2) is 0 Å². The molecule has 0 aliphatic heterocycles. The molecule has 1 amide bonds. The Hall–Kier alpha value is -2.13. The summed E-state index contributed by atoms with van der Waals surface area (Å²) in [5.41, 5.74) is 1.99. The van der Waals surface area contributed by atoms with E-state index in [2.05, 4.69) is 29.7 Å². The Balaban J connectivity index is 1.91. The fourth-order valence-electron chi connectivity index (χ4n) is 2.06. The average molecular weight is 268 g/mol. The molecule has 0 saturated heterocycles. The lowest BCUT2D eigenvalue weighted by Gasteiger charge is -2.20. The van der Waals surface area contributed by atoms with Crippen LogP contribution in [0.25, 0.3) is 0 Å². The highest BCUT2D eigenvalue weighted by molar-refractivity contribution is 5.94. The maximum absolute atomic E-state index is 12.1. The smallest absolute Gasteiger partial charge is 0.241 e. The summed E-state index contributed by atoms with van der Waals surface area (Å²) in [4.78, 5) is 12.1. The molecule has 0 aliphatic rings. The van der Waals surface area contributed by atoms with E-state index in [0.717, 1.165) is 5.69 Å². The average Bonchev–Trinajstić information content (AvgIpc) is 2.49. The summed E-state index contributed by atoms with van der Waals surface area (Å²) in [6, 6.07) is 19.5. The zero-order valence-electron chi connectivity index (χ0n) is 11.8. The predicted octanol–water partition coefficient (Wildman–Crippen LogP) is 3.36. The molecule has 20 heavy (non-hydrogen) atoms. The second-order valence-corrected chi connectivity index (χ2v) is 4.88. The van der Waals surface area contributed by atoms with Crippen LogP contribution in [-0.4, -0.2) is 11.9 Å². The summed E-state index contributed by atoms with van der Waals surface area (Å²) in [5.74, 6) is -0.0287. The largest absolute Gasteiger partial charge is 0.325 e. The van der Waals surface area contributed by atoms with E-state index in [4.69, 9.17) is 0 Å². The third-order valence-corrected chi connectivity index (χ3v) is 3.23. The molecule has 0 heterocycles. The van der Waals surface area contributed by atoms with Crippen molar-refractivity contribution >= 4 is 11.6 Å². The van der Waals surface area contributed by atoms with Crippen LogP contribution in [0, 0.1) is 0 Å². The monoisotopic (exact) mass is 268 g/mol. The molecule has 104 valence electrons. The molecular weight excluding hydrogens is 248 g/mol. The minimum absolute atomic E-state index is 0.0287. The van der Waals surface area contributed by atoms with Crippen molar-refractivity contribution in [3.05, 3.63) is 66.2 Å². The number of anilines is 1. The number of amides is 1. The SMILES string of the molecule is CC(N[C@H](C)c1ccccc1)C(=O)Nc1ccccc1. The first-order chi connectivity index (χ1) is 9.66.